The lowest BCUT2D eigenvalue weighted by molar-refractivity contribution is 0.867. The smallest absolute Gasteiger partial charge is 0.176 e. The molecule has 0 aliphatic rings. The van der Waals surface area contributed by atoms with Gasteiger partial charge in [-0.2, -0.15) is 0 Å². The fraction of sp³-hybridized carbons (Fsp3) is 0.250. The highest BCUT2D eigenvalue weighted by atomic mass is 32.1. The summed E-state index contributed by atoms with van der Waals surface area (Å²) in [6.07, 6.45) is 1.81. The maximum absolute atomic E-state index is 5.27. The molecule has 0 radical (unpaired) electrons. The van der Waals surface area contributed by atoms with Crippen molar-refractivity contribution in [3.63, 3.8) is 0 Å². The first-order valence-electron chi connectivity index (χ1n) is 6.65. The molecule has 0 saturated carbocycles. The van der Waals surface area contributed by atoms with Gasteiger partial charge in [-0.05, 0) is 54.4 Å². The minimum atomic E-state index is 0.533. The van der Waals surface area contributed by atoms with Crippen LogP contribution in [0.2, 0.25) is 0 Å². The van der Waals surface area contributed by atoms with Gasteiger partial charge < -0.3 is 10.6 Å². The van der Waals surface area contributed by atoms with E-state index >= 15 is 0 Å². The number of thiocarbonyl (C=S) groups is 1. The van der Waals surface area contributed by atoms with Crippen LogP contribution >= 0.6 is 12.2 Å². The molecule has 0 amide bonds. The van der Waals surface area contributed by atoms with E-state index in [2.05, 4.69) is 41.6 Å². The molecule has 3 nitrogen and oxygen atoms in total. The molecule has 0 unspecified atom stereocenters. The molecule has 2 rings (SSSR count). The SMILES string of the molecule is Cc1ccc(NC(=S)Nc2ccc(C(C)C)cc2)nc1. The molecule has 0 spiro atoms. The van der Waals surface area contributed by atoms with Gasteiger partial charge in [-0.15, -0.1) is 0 Å². The van der Waals surface area contributed by atoms with Gasteiger partial charge in [-0.25, -0.2) is 4.98 Å². The quantitative estimate of drug-likeness (QED) is 0.823. The molecule has 1 heterocycles. The van der Waals surface area contributed by atoms with Crippen LogP contribution in [0.3, 0.4) is 0 Å². The Bertz CT molecular complexity index is 574. The van der Waals surface area contributed by atoms with Crippen LogP contribution < -0.4 is 10.6 Å². The topological polar surface area (TPSA) is 37.0 Å². The summed E-state index contributed by atoms with van der Waals surface area (Å²) in [4.78, 5) is 4.26. The summed E-state index contributed by atoms with van der Waals surface area (Å²) in [5.41, 5.74) is 3.41. The van der Waals surface area contributed by atoms with E-state index in [1.165, 1.54) is 5.56 Å². The van der Waals surface area contributed by atoms with Crippen LogP contribution in [-0.4, -0.2) is 10.1 Å². The molecule has 104 valence electrons. The summed E-state index contributed by atoms with van der Waals surface area (Å²) in [6, 6.07) is 12.2. The third-order valence-electron chi connectivity index (χ3n) is 2.99. The number of nitrogens with one attached hydrogen (secondary N) is 2. The Morgan fingerprint density at radius 1 is 1.05 bits per heavy atom. The zero-order valence-electron chi connectivity index (χ0n) is 12.0. The normalized spacial score (nSPS) is 10.4. The number of aryl methyl sites for hydroxylation is 1. The van der Waals surface area contributed by atoms with Crippen molar-refractivity contribution in [2.24, 2.45) is 0 Å². The van der Waals surface area contributed by atoms with Crippen LogP contribution in [0, 0.1) is 6.92 Å². The van der Waals surface area contributed by atoms with Crippen molar-refractivity contribution in [1.82, 2.24) is 4.98 Å². The van der Waals surface area contributed by atoms with Crippen LogP contribution in [0.25, 0.3) is 0 Å². The van der Waals surface area contributed by atoms with E-state index in [4.69, 9.17) is 12.2 Å². The summed E-state index contributed by atoms with van der Waals surface area (Å²) in [7, 11) is 0. The van der Waals surface area contributed by atoms with E-state index in [0.29, 0.717) is 11.0 Å². The highest BCUT2D eigenvalue weighted by molar-refractivity contribution is 7.80. The van der Waals surface area contributed by atoms with E-state index in [1.54, 1.807) is 0 Å². The molecule has 0 atom stereocenters. The van der Waals surface area contributed by atoms with Crippen molar-refractivity contribution >= 4 is 28.8 Å². The summed E-state index contributed by atoms with van der Waals surface area (Å²) in [5.74, 6) is 1.28. The van der Waals surface area contributed by atoms with E-state index in [-0.39, 0.29) is 0 Å². The highest BCUT2D eigenvalue weighted by Crippen LogP contribution is 2.17. The van der Waals surface area contributed by atoms with Gasteiger partial charge >= 0.3 is 0 Å². The molecule has 20 heavy (non-hydrogen) atoms. The van der Waals surface area contributed by atoms with Gasteiger partial charge in [0.2, 0.25) is 0 Å². The van der Waals surface area contributed by atoms with Crippen molar-refractivity contribution in [1.29, 1.82) is 0 Å². The van der Waals surface area contributed by atoms with E-state index in [1.807, 2.05) is 37.4 Å². The first-order chi connectivity index (χ1) is 9.54. The van der Waals surface area contributed by atoms with Crippen LogP contribution in [0.5, 0.6) is 0 Å². The molecule has 1 aromatic carbocycles. The zero-order chi connectivity index (χ0) is 14.5. The number of benzene rings is 1. The molecular weight excluding hydrogens is 266 g/mol. The lowest BCUT2D eigenvalue weighted by Crippen LogP contribution is -2.19. The van der Waals surface area contributed by atoms with Gasteiger partial charge in [-0.3, -0.25) is 0 Å². The Morgan fingerprint density at radius 2 is 1.75 bits per heavy atom. The fourth-order valence-corrected chi connectivity index (χ4v) is 1.99. The van der Waals surface area contributed by atoms with E-state index in [9.17, 15) is 0 Å². The van der Waals surface area contributed by atoms with Gasteiger partial charge in [0.05, 0.1) is 0 Å². The number of nitrogens with zero attached hydrogens (tertiary/aromatic N) is 1. The third kappa shape index (κ3) is 4.03. The summed E-state index contributed by atoms with van der Waals surface area (Å²) >= 11 is 5.27. The van der Waals surface area contributed by atoms with Gasteiger partial charge in [0.1, 0.15) is 5.82 Å². The molecule has 2 N–H and O–H groups in total. The van der Waals surface area contributed by atoms with Crippen LogP contribution in [0.4, 0.5) is 11.5 Å². The molecule has 0 saturated heterocycles. The second kappa shape index (κ2) is 6.48. The Labute approximate surface area is 125 Å². The predicted octanol–water partition coefficient (Wildman–Crippen LogP) is 4.32. The van der Waals surface area contributed by atoms with Gasteiger partial charge in [0.25, 0.3) is 0 Å². The molecule has 0 aliphatic heterocycles. The number of aromatic nitrogens is 1. The Kier molecular flexibility index (Phi) is 4.69. The van der Waals surface area contributed by atoms with Crippen molar-refractivity contribution in [2.75, 3.05) is 10.6 Å². The molecule has 4 heteroatoms. The van der Waals surface area contributed by atoms with Crippen LogP contribution in [-0.2, 0) is 0 Å². The minimum absolute atomic E-state index is 0.533. The Morgan fingerprint density at radius 3 is 2.30 bits per heavy atom. The second-order valence-corrected chi connectivity index (χ2v) is 5.48. The first-order valence-corrected chi connectivity index (χ1v) is 7.06. The maximum atomic E-state index is 5.27. The average molecular weight is 285 g/mol. The van der Waals surface area contributed by atoms with Crippen molar-refractivity contribution in [3.05, 3.63) is 53.7 Å². The summed E-state index contributed by atoms with van der Waals surface area (Å²) in [6.45, 7) is 6.36. The number of rotatable bonds is 3. The maximum Gasteiger partial charge on any atom is 0.176 e. The Balaban J connectivity index is 1.95. The fourth-order valence-electron chi connectivity index (χ4n) is 1.77. The lowest BCUT2D eigenvalue weighted by Gasteiger charge is -2.11. The summed E-state index contributed by atoms with van der Waals surface area (Å²) < 4.78 is 0. The van der Waals surface area contributed by atoms with Crippen LogP contribution in [0.15, 0.2) is 42.6 Å². The molecule has 0 aliphatic carbocycles. The molecule has 0 fully saturated rings. The van der Waals surface area contributed by atoms with Crippen molar-refractivity contribution < 1.29 is 0 Å². The van der Waals surface area contributed by atoms with E-state index in [0.717, 1.165) is 17.1 Å². The number of hydrogen-bond donors (Lipinski definition) is 2. The number of anilines is 2. The number of hydrogen-bond acceptors (Lipinski definition) is 2. The predicted molar refractivity (Wildman–Crippen MR) is 89.3 cm³/mol. The third-order valence-corrected chi connectivity index (χ3v) is 3.19. The second-order valence-electron chi connectivity index (χ2n) is 5.08. The minimum Gasteiger partial charge on any atom is -0.332 e. The largest absolute Gasteiger partial charge is 0.332 e. The van der Waals surface area contributed by atoms with Crippen LogP contribution in [0.1, 0.15) is 30.9 Å². The van der Waals surface area contributed by atoms with Crippen molar-refractivity contribution in [3.8, 4) is 0 Å². The van der Waals surface area contributed by atoms with E-state index < -0.39 is 0 Å². The molecular formula is C16H19N3S. The molecule has 0 bridgehead atoms. The van der Waals surface area contributed by atoms with Gasteiger partial charge in [0, 0.05) is 11.9 Å². The molecule has 2 aromatic rings. The standard InChI is InChI=1S/C16H19N3S/c1-11(2)13-5-7-14(8-6-13)18-16(20)19-15-9-4-12(3)10-17-15/h4-11H,1-3H3,(H2,17,18,19,20). The lowest BCUT2D eigenvalue weighted by atomic mass is 10.0. The molecule has 1 aromatic heterocycles. The summed E-state index contributed by atoms with van der Waals surface area (Å²) in [5, 5.41) is 6.76. The zero-order valence-corrected chi connectivity index (χ0v) is 12.8. The first kappa shape index (κ1) is 14.5. The number of pyridine rings is 1. The van der Waals surface area contributed by atoms with Crippen molar-refractivity contribution in [2.45, 2.75) is 26.7 Å². The monoisotopic (exact) mass is 285 g/mol. The van der Waals surface area contributed by atoms with Gasteiger partial charge in [-0.1, -0.05) is 32.0 Å². The Hall–Kier alpha value is -1.94. The highest BCUT2D eigenvalue weighted by Gasteiger charge is 2.01. The van der Waals surface area contributed by atoms with Gasteiger partial charge in [0.15, 0.2) is 5.11 Å². The average Bonchev–Trinajstić information content (AvgIpc) is 2.42.